The van der Waals surface area contributed by atoms with Crippen LogP contribution in [0.15, 0.2) is 42.5 Å². The van der Waals surface area contributed by atoms with E-state index in [2.05, 4.69) is 0 Å². The van der Waals surface area contributed by atoms with Gasteiger partial charge in [0, 0.05) is 11.9 Å². The van der Waals surface area contributed by atoms with E-state index in [4.69, 9.17) is 11.6 Å². The first kappa shape index (κ1) is 13.8. The molecule has 3 aromatic rings. The van der Waals surface area contributed by atoms with E-state index in [-0.39, 0.29) is 5.82 Å². The lowest BCUT2D eigenvalue weighted by Crippen LogP contribution is -2.00. The molecule has 21 heavy (non-hydrogen) atoms. The summed E-state index contributed by atoms with van der Waals surface area (Å²) in [6.45, 7) is 2.40. The summed E-state index contributed by atoms with van der Waals surface area (Å²) < 4.78 is 15.2. The first-order valence-electron chi connectivity index (χ1n) is 6.58. The Bertz CT molecular complexity index is 838. The van der Waals surface area contributed by atoms with Crippen molar-refractivity contribution in [3.63, 3.8) is 0 Å². The van der Waals surface area contributed by atoms with Crippen molar-refractivity contribution in [1.29, 1.82) is 0 Å². The molecule has 0 atom stereocenters. The zero-order valence-corrected chi connectivity index (χ0v) is 12.2. The second-order valence-corrected chi connectivity index (χ2v) is 5.42. The summed E-state index contributed by atoms with van der Waals surface area (Å²) >= 11 is 6.33. The summed E-state index contributed by atoms with van der Waals surface area (Å²) in [4.78, 5) is 11.3. The topological polar surface area (TPSA) is 22.0 Å². The lowest BCUT2D eigenvalue weighted by molar-refractivity contribution is 0.112. The molecule has 0 radical (unpaired) electrons. The van der Waals surface area contributed by atoms with Gasteiger partial charge in [-0.05, 0) is 36.2 Å². The molecule has 0 aliphatic carbocycles. The minimum atomic E-state index is -0.285. The van der Waals surface area contributed by atoms with E-state index in [1.165, 1.54) is 12.1 Å². The number of fused-ring (bicyclic) bond motifs is 1. The molecule has 2 aromatic carbocycles. The normalized spacial score (nSPS) is 11.0. The summed E-state index contributed by atoms with van der Waals surface area (Å²) in [5, 5.41) is 1.20. The Hall–Kier alpha value is -2.13. The number of aryl methyl sites for hydroxylation is 1. The number of aldehydes is 1. The van der Waals surface area contributed by atoms with Crippen molar-refractivity contribution in [2.75, 3.05) is 0 Å². The van der Waals surface area contributed by atoms with Crippen molar-refractivity contribution < 1.29 is 9.18 Å². The van der Waals surface area contributed by atoms with Gasteiger partial charge in [-0.15, -0.1) is 0 Å². The van der Waals surface area contributed by atoms with Gasteiger partial charge in [0.05, 0.1) is 11.1 Å². The summed E-state index contributed by atoms with van der Waals surface area (Å²) in [6.07, 6.45) is 0.766. The number of rotatable bonds is 3. The number of halogens is 2. The van der Waals surface area contributed by atoms with E-state index >= 15 is 0 Å². The summed E-state index contributed by atoms with van der Waals surface area (Å²) in [7, 11) is 0. The van der Waals surface area contributed by atoms with Gasteiger partial charge >= 0.3 is 0 Å². The Balaban J connectivity index is 2.19. The second-order valence-electron chi connectivity index (χ2n) is 5.06. The molecule has 2 nitrogen and oxygen atoms in total. The van der Waals surface area contributed by atoms with Crippen LogP contribution in [0, 0.1) is 12.7 Å². The number of hydrogen-bond acceptors (Lipinski definition) is 1. The number of nitrogens with zero attached hydrogens (tertiary/aromatic N) is 1. The van der Waals surface area contributed by atoms with Gasteiger partial charge in [-0.2, -0.15) is 0 Å². The van der Waals surface area contributed by atoms with Crippen molar-refractivity contribution in [3.05, 3.63) is 70.1 Å². The molecule has 0 saturated carbocycles. The second kappa shape index (κ2) is 5.34. The maximum atomic E-state index is 13.3. The fourth-order valence-corrected chi connectivity index (χ4v) is 2.84. The van der Waals surface area contributed by atoms with Crippen LogP contribution in [-0.4, -0.2) is 10.9 Å². The summed E-state index contributed by atoms with van der Waals surface area (Å²) in [5.74, 6) is -0.285. The van der Waals surface area contributed by atoms with Crippen LogP contribution in [0.5, 0.6) is 0 Å². The van der Waals surface area contributed by atoms with Crippen molar-refractivity contribution in [3.8, 4) is 0 Å². The van der Waals surface area contributed by atoms with Crippen LogP contribution in [0.25, 0.3) is 10.9 Å². The molecule has 1 heterocycles. The van der Waals surface area contributed by atoms with Crippen LogP contribution in [0.1, 0.15) is 21.5 Å². The Labute approximate surface area is 126 Å². The Kier molecular flexibility index (Phi) is 3.52. The fraction of sp³-hybridized carbons (Fsp3) is 0.118. The first-order valence-corrected chi connectivity index (χ1v) is 6.96. The molecule has 4 heteroatoms. The van der Waals surface area contributed by atoms with Crippen molar-refractivity contribution in [2.24, 2.45) is 0 Å². The largest absolute Gasteiger partial charge is 0.327 e. The molecule has 0 saturated heterocycles. The van der Waals surface area contributed by atoms with Crippen molar-refractivity contribution in [2.45, 2.75) is 13.5 Å². The molecule has 0 aliphatic rings. The predicted molar refractivity (Wildman–Crippen MR) is 82.6 cm³/mol. The molecule has 0 bridgehead atoms. The standard InChI is InChI=1S/C17H13ClFNO/c1-11-5-6-14-15(10-21)17(18)20(16(14)7-11)9-12-3-2-4-13(19)8-12/h2-8,10H,9H2,1H3. The minimum Gasteiger partial charge on any atom is -0.327 e. The first-order chi connectivity index (χ1) is 10.1. The number of hydrogen-bond donors (Lipinski definition) is 0. The van der Waals surface area contributed by atoms with Gasteiger partial charge in [-0.25, -0.2) is 4.39 Å². The average molecular weight is 302 g/mol. The SMILES string of the molecule is Cc1ccc2c(C=O)c(Cl)n(Cc3cccc(F)c3)c2c1. The van der Waals surface area contributed by atoms with Crippen LogP contribution in [0.3, 0.4) is 0 Å². The molecule has 0 spiro atoms. The number of benzene rings is 2. The molecule has 0 unspecified atom stereocenters. The monoisotopic (exact) mass is 301 g/mol. The van der Waals surface area contributed by atoms with E-state index in [1.54, 1.807) is 6.07 Å². The molecule has 0 fully saturated rings. The van der Waals surface area contributed by atoms with Gasteiger partial charge in [0.2, 0.25) is 0 Å². The molecule has 0 aliphatic heterocycles. The molecule has 0 amide bonds. The van der Waals surface area contributed by atoms with Crippen LogP contribution >= 0.6 is 11.6 Å². The van der Waals surface area contributed by atoms with E-state index in [0.29, 0.717) is 17.3 Å². The van der Waals surface area contributed by atoms with Gasteiger partial charge in [0.25, 0.3) is 0 Å². The van der Waals surface area contributed by atoms with Crippen molar-refractivity contribution >= 4 is 28.8 Å². The maximum absolute atomic E-state index is 13.3. The highest BCUT2D eigenvalue weighted by atomic mass is 35.5. The lowest BCUT2D eigenvalue weighted by Gasteiger charge is -2.08. The summed E-state index contributed by atoms with van der Waals surface area (Å²) in [5.41, 5.74) is 3.23. The van der Waals surface area contributed by atoms with Crippen LogP contribution in [-0.2, 0) is 6.54 Å². The van der Waals surface area contributed by atoms with Gasteiger partial charge in [0.1, 0.15) is 11.0 Å². The smallest absolute Gasteiger partial charge is 0.153 e. The lowest BCUT2D eigenvalue weighted by atomic mass is 10.1. The molecule has 3 rings (SSSR count). The molecule has 106 valence electrons. The van der Waals surface area contributed by atoms with Crippen molar-refractivity contribution in [1.82, 2.24) is 4.57 Å². The Morgan fingerprint density at radius 3 is 2.76 bits per heavy atom. The minimum absolute atomic E-state index is 0.285. The zero-order chi connectivity index (χ0) is 15.0. The Morgan fingerprint density at radius 2 is 2.05 bits per heavy atom. The third-order valence-corrected chi connectivity index (χ3v) is 3.95. The number of aromatic nitrogens is 1. The average Bonchev–Trinajstić information content (AvgIpc) is 2.71. The molecular formula is C17H13ClFNO. The van der Waals surface area contributed by atoms with Gasteiger partial charge in [-0.1, -0.05) is 35.9 Å². The quantitative estimate of drug-likeness (QED) is 0.648. The molecule has 0 N–H and O–H groups in total. The highest BCUT2D eigenvalue weighted by Crippen LogP contribution is 2.30. The highest BCUT2D eigenvalue weighted by Gasteiger charge is 2.15. The van der Waals surface area contributed by atoms with Crippen LogP contribution < -0.4 is 0 Å². The maximum Gasteiger partial charge on any atom is 0.153 e. The number of carbonyl (C=O) groups is 1. The van der Waals surface area contributed by atoms with Gasteiger partial charge < -0.3 is 4.57 Å². The third-order valence-electron chi connectivity index (χ3n) is 3.54. The fourth-order valence-electron chi connectivity index (χ4n) is 2.54. The van der Waals surface area contributed by atoms with E-state index in [0.717, 1.165) is 28.3 Å². The molecule has 1 aromatic heterocycles. The Morgan fingerprint density at radius 1 is 1.24 bits per heavy atom. The van der Waals surface area contributed by atoms with Gasteiger partial charge in [-0.3, -0.25) is 4.79 Å². The highest BCUT2D eigenvalue weighted by molar-refractivity contribution is 6.34. The van der Waals surface area contributed by atoms with E-state index in [9.17, 15) is 9.18 Å². The van der Waals surface area contributed by atoms with Crippen LogP contribution in [0.4, 0.5) is 4.39 Å². The van der Waals surface area contributed by atoms with E-state index in [1.807, 2.05) is 35.8 Å². The predicted octanol–water partition coefficient (Wildman–Crippen LogP) is 4.60. The molecular weight excluding hydrogens is 289 g/mol. The number of carbonyl (C=O) groups excluding carboxylic acids is 1. The van der Waals surface area contributed by atoms with Gasteiger partial charge in [0.15, 0.2) is 6.29 Å². The van der Waals surface area contributed by atoms with E-state index < -0.39 is 0 Å². The third kappa shape index (κ3) is 2.45. The summed E-state index contributed by atoms with van der Waals surface area (Å²) in [6, 6.07) is 12.2. The van der Waals surface area contributed by atoms with Crippen LogP contribution in [0.2, 0.25) is 5.15 Å². The zero-order valence-electron chi connectivity index (χ0n) is 11.4.